The van der Waals surface area contributed by atoms with Gasteiger partial charge in [-0.25, -0.2) is 0 Å². The molecule has 1 unspecified atom stereocenters. The zero-order valence-corrected chi connectivity index (χ0v) is 8.25. The fourth-order valence-electron chi connectivity index (χ4n) is 1.08. The van der Waals surface area contributed by atoms with Gasteiger partial charge in [0, 0.05) is 0 Å². The third kappa shape index (κ3) is 2.69. The van der Waals surface area contributed by atoms with Crippen LogP contribution in [0.1, 0.15) is 11.1 Å². The summed E-state index contributed by atoms with van der Waals surface area (Å²) in [6, 6.07) is 11.8. The molecule has 0 saturated carbocycles. The predicted octanol–water partition coefficient (Wildman–Crippen LogP) is 1.35. The second-order valence-corrected chi connectivity index (χ2v) is 2.98. The molecule has 1 aromatic carbocycles. The van der Waals surface area contributed by atoms with Gasteiger partial charge >= 0.3 is 0 Å². The summed E-state index contributed by atoms with van der Waals surface area (Å²) in [5, 5.41) is 34.9. The molecule has 1 N–H and O–H groups in total. The summed E-state index contributed by atoms with van der Waals surface area (Å²) in [6.45, 7) is 0. The van der Waals surface area contributed by atoms with Crippen molar-refractivity contribution in [2.75, 3.05) is 0 Å². The standard InChI is InChI=1S/C12H7N3O/c13-6-10-3-1-9(2-4-10)5-11(7-14)12(16)8-15/h1-5,12,16H. The Labute approximate surface area is 92.9 Å². The Morgan fingerprint density at radius 2 is 1.81 bits per heavy atom. The lowest BCUT2D eigenvalue weighted by Crippen LogP contribution is -2.04. The number of nitrogens with zero attached hydrogens (tertiary/aromatic N) is 3. The Bertz CT molecular complexity index is 523. The van der Waals surface area contributed by atoms with Crippen molar-refractivity contribution in [1.29, 1.82) is 15.8 Å². The minimum absolute atomic E-state index is 0.0211. The van der Waals surface area contributed by atoms with E-state index in [-0.39, 0.29) is 5.57 Å². The van der Waals surface area contributed by atoms with Crippen LogP contribution >= 0.6 is 0 Å². The molecule has 0 fully saturated rings. The highest BCUT2D eigenvalue weighted by atomic mass is 16.3. The van der Waals surface area contributed by atoms with Crippen LogP contribution in [0.15, 0.2) is 29.8 Å². The molecule has 76 valence electrons. The molecule has 1 aromatic rings. The third-order valence-electron chi connectivity index (χ3n) is 1.91. The van der Waals surface area contributed by atoms with E-state index in [0.29, 0.717) is 11.1 Å². The first-order chi connectivity index (χ1) is 7.71. The minimum Gasteiger partial charge on any atom is -0.373 e. The highest BCUT2D eigenvalue weighted by Crippen LogP contribution is 2.10. The van der Waals surface area contributed by atoms with Gasteiger partial charge in [-0.2, -0.15) is 15.8 Å². The SMILES string of the molecule is N#CC(=Cc1ccc(C#N)cc1)C(O)C#N. The topological polar surface area (TPSA) is 91.6 Å². The minimum atomic E-state index is -1.42. The number of aliphatic hydroxyl groups is 1. The number of rotatable bonds is 2. The first-order valence-corrected chi connectivity index (χ1v) is 4.41. The molecule has 0 aliphatic carbocycles. The molecule has 4 nitrogen and oxygen atoms in total. The molecule has 0 heterocycles. The van der Waals surface area contributed by atoms with E-state index in [4.69, 9.17) is 15.8 Å². The maximum atomic E-state index is 9.18. The van der Waals surface area contributed by atoms with Crippen molar-refractivity contribution in [2.45, 2.75) is 6.10 Å². The summed E-state index contributed by atoms with van der Waals surface area (Å²) in [6.07, 6.45) is -0.00432. The van der Waals surface area contributed by atoms with Crippen LogP contribution in [0.5, 0.6) is 0 Å². The van der Waals surface area contributed by atoms with E-state index in [1.54, 1.807) is 36.4 Å². The second-order valence-electron chi connectivity index (χ2n) is 2.98. The predicted molar refractivity (Wildman–Crippen MR) is 56.4 cm³/mol. The fourth-order valence-corrected chi connectivity index (χ4v) is 1.08. The Morgan fingerprint density at radius 1 is 1.19 bits per heavy atom. The third-order valence-corrected chi connectivity index (χ3v) is 1.91. The first kappa shape index (κ1) is 11.5. The lowest BCUT2D eigenvalue weighted by Gasteiger charge is -1.99. The van der Waals surface area contributed by atoms with Crippen LogP contribution in [0, 0.1) is 34.0 Å². The van der Waals surface area contributed by atoms with Crippen molar-refractivity contribution >= 4 is 6.08 Å². The van der Waals surface area contributed by atoms with Crippen LogP contribution in [0.4, 0.5) is 0 Å². The Balaban J connectivity index is 3.03. The molecule has 1 rings (SSSR count). The van der Waals surface area contributed by atoms with Crippen molar-refractivity contribution in [2.24, 2.45) is 0 Å². The maximum absolute atomic E-state index is 9.18. The van der Waals surface area contributed by atoms with E-state index in [2.05, 4.69) is 0 Å². The van der Waals surface area contributed by atoms with Crippen molar-refractivity contribution in [3.8, 4) is 18.2 Å². The van der Waals surface area contributed by atoms with Crippen molar-refractivity contribution in [3.05, 3.63) is 41.0 Å². The monoisotopic (exact) mass is 209 g/mol. The highest BCUT2D eigenvalue weighted by molar-refractivity contribution is 5.59. The van der Waals surface area contributed by atoms with Gasteiger partial charge in [-0.15, -0.1) is 0 Å². The molecule has 4 heteroatoms. The summed E-state index contributed by atoms with van der Waals surface area (Å²) in [5.74, 6) is 0. The molecule has 16 heavy (non-hydrogen) atoms. The van der Waals surface area contributed by atoms with Gasteiger partial charge in [0.25, 0.3) is 0 Å². The van der Waals surface area contributed by atoms with Crippen molar-refractivity contribution in [3.63, 3.8) is 0 Å². The summed E-state index contributed by atoms with van der Waals surface area (Å²) in [4.78, 5) is 0. The smallest absolute Gasteiger partial charge is 0.175 e. The van der Waals surface area contributed by atoms with Gasteiger partial charge in [-0.1, -0.05) is 12.1 Å². The molecule has 0 aliphatic rings. The quantitative estimate of drug-likeness (QED) is 0.587. The first-order valence-electron chi connectivity index (χ1n) is 4.41. The Morgan fingerprint density at radius 3 is 2.25 bits per heavy atom. The van der Waals surface area contributed by atoms with Crippen LogP contribution < -0.4 is 0 Å². The molecule has 0 saturated heterocycles. The summed E-state index contributed by atoms with van der Waals surface area (Å²) in [5.41, 5.74) is 1.15. The van der Waals surface area contributed by atoms with E-state index < -0.39 is 6.10 Å². The van der Waals surface area contributed by atoms with Crippen molar-refractivity contribution < 1.29 is 5.11 Å². The van der Waals surface area contributed by atoms with Gasteiger partial charge in [-0.05, 0) is 23.8 Å². The molecule has 0 amide bonds. The van der Waals surface area contributed by atoms with E-state index in [1.165, 1.54) is 6.08 Å². The largest absolute Gasteiger partial charge is 0.373 e. The van der Waals surface area contributed by atoms with Crippen LogP contribution in [0.2, 0.25) is 0 Å². The van der Waals surface area contributed by atoms with Gasteiger partial charge in [0.2, 0.25) is 0 Å². The Kier molecular flexibility index (Phi) is 3.81. The second kappa shape index (κ2) is 5.32. The zero-order chi connectivity index (χ0) is 12.0. The zero-order valence-electron chi connectivity index (χ0n) is 8.25. The summed E-state index contributed by atoms with van der Waals surface area (Å²) >= 11 is 0. The van der Waals surface area contributed by atoms with Crippen LogP contribution in [-0.2, 0) is 0 Å². The van der Waals surface area contributed by atoms with E-state index >= 15 is 0 Å². The van der Waals surface area contributed by atoms with Gasteiger partial charge in [0.1, 0.15) is 0 Å². The van der Waals surface area contributed by atoms with Gasteiger partial charge in [0.05, 0.1) is 29.3 Å². The molecular formula is C12H7N3O. The average Bonchev–Trinajstić information content (AvgIpc) is 2.35. The number of benzene rings is 1. The van der Waals surface area contributed by atoms with Gasteiger partial charge in [0.15, 0.2) is 6.10 Å². The normalized spacial score (nSPS) is 12.0. The summed E-state index contributed by atoms with van der Waals surface area (Å²) < 4.78 is 0. The van der Waals surface area contributed by atoms with Gasteiger partial charge < -0.3 is 5.11 Å². The van der Waals surface area contributed by atoms with E-state index in [9.17, 15) is 5.11 Å². The molecule has 0 aliphatic heterocycles. The Hall–Kier alpha value is -2.61. The molecule has 0 spiro atoms. The average molecular weight is 209 g/mol. The molecule has 1 atom stereocenters. The van der Waals surface area contributed by atoms with Crippen LogP contribution in [0.3, 0.4) is 0 Å². The van der Waals surface area contributed by atoms with Crippen LogP contribution in [0.25, 0.3) is 6.08 Å². The van der Waals surface area contributed by atoms with Crippen LogP contribution in [-0.4, -0.2) is 11.2 Å². The molecule has 0 bridgehead atoms. The van der Waals surface area contributed by atoms with E-state index in [1.807, 2.05) is 6.07 Å². The lowest BCUT2D eigenvalue weighted by molar-refractivity contribution is 0.271. The fraction of sp³-hybridized carbons (Fsp3) is 0.0833. The highest BCUT2D eigenvalue weighted by Gasteiger charge is 2.08. The number of aliphatic hydroxyl groups excluding tert-OH is 1. The number of hydrogen-bond acceptors (Lipinski definition) is 4. The number of nitriles is 3. The lowest BCUT2D eigenvalue weighted by atomic mass is 10.1. The molecule has 0 aromatic heterocycles. The molecular weight excluding hydrogens is 202 g/mol. The van der Waals surface area contributed by atoms with Crippen molar-refractivity contribution in [1.82, 2.24) is 0 Å². The molecule has 0 radical (unpaired) electrons. The van der Waals surface area contributed by atoms with E-state index in [0.717, 1.165) is 0 Å². The maximum Gasteiger partial charge on any atom is 0.175 e. The number of hydrogen-bond donors (Lipinski definition) is 1. The summed E-state index contributed by atoms with van der Waals surface area (Å²) in [7, 11) is 0. The van der Waals surface area contributed by atoms with Gasteiger partial charge in [-0.3, -0.25) is 0 Å².